The standard InChI is InChI=1S/C18H22N4O2/c1-4-9-22-15-7-6-14(11-13(15)5-8-17(22)23)19-18(24)16-10-12(2)20-21(16)3/h6-7,10-11H,4-5,8-9H2,1-3H3,(H,19,24). The van der Waals surface area contributed by atoms with E-state index in [0.29, 0.717) is 18.5 Å². The third kappa shape index (κ3) is 3.04. The summed E-state index contributed by atoms with van der Waals surface area (Å²) >= 11 is 0. The van der Waals surface area contributed by atoms with E-state index >= 15 is 0 Å². The van der Waals surface area contributed by atoms with Crippen molar-refractivity contribution < 1.29 is 9.59 Å². The van der Waals surface area contributed by atoms with E-state index in [4.69, 9.17) is 0 Å². The molecule has 126 valence electrons. The number of aryl methyl sites for hydroxylation is 3. The molecule has 0 atom stereocenters. The summed E-state index contributed by atoms with van der Waals surface area (Å²) in [5.74, 6) is -0.0122. The molecule has 24 heavy (non-hydrogen) atoms. The van der Waals surface area contributed by atoms with E-state index < -0.39 is 0 Å². The smallest absolute Gasteiger partial charge is 0.273 e. The van der Waals surface area contributed by atoms with Gasteiger partial charge >= 0.3 is 0 Å². The lowest BCUT2D eigenvalue weighted by atomic mass is 10.00. The maximum absolute atomic E-state index is 12.4. The Morgan fingerprint density at radius 3 is 2.75 bits per heavy atom. The molecule has 6 heteroatoms. The summed E-state index contributed by atoms with van der Waals surface area (Å²) in [6.45, 7) is 4.65. The Balaban J connectivity index is 1.83. The third-order valence-corrected chi connectivity index (χ3v) is 4.22. The number of hydrogen-bond donors (Lipinski definition) is 1. The van der Waals surface area contributed by atoms with Crippen LogP contribution in [0.15, 0.2) is 24.3 Å². The fourth-order valence-corrected chi connectivity index (χ4v) is 3.12. The number of nitrogens with zero attached hydrogens (tertiary/aromatic N) is 3. The third-order valence-electron chi connectivity index (χ3n) is 4.22. The minimum absolute atomic E-state index is 0.173. The van der Waals surface area contributed by atoms with Crippen molar-refractivity contribution in [2.45, 2.75) is 33.1 Å². The van der Waals surface area contributed by atoms with Crippen molar-refractivity contribution in [3.63, 3.8) is 0 Å². The van der Waals surface area contributed by atoms with Gasteiger partial charge in [-0.15, -0.1) is 0 Å². The van der Waals surface area contributed by atoms with E-state index in [-0.39, 0.29) is 11.8 Å². The number of aromatic nitrogens is 2. The van der Waals surface area contributed by atoms with Gasteiger partial charge in [0.05, 0.1) is 5.69 Å². The largest absolute Gasteiger partial charge is 0.321 e. The lowest BCUT2D eigenvalue weighted by molar-refractivity contribution is -0.118. The van der Waals surface area contributed by atoms with Gasteiger partial charge in [0.15, 0.2) is 0 Å². The molecule has 3 rings (SSSR count). The fourth-order valence-electron chi connectivity index (χ4n) is 3.12. The van der Waals surface area contributed by atoms with Crippen molar-refractivity contribution in [2.24, 2.45) is 7.05 Å². The molecule has 6 nitrogen and oxygen atoms in total. The number of fused-ring (bicyclic) bond motifs is 1. The van der Waals surface area contributed by atoms with Gasteiger partial charge in [0, 0.05) is 31.4 Å². The average Bonchev–Trinajstić information content (AvgIpc) is 2.89. The SMILES string of the molecule is CCCN1C(=O)CCc2cc(NC(=O)c3cc(C)nn3C)ccc21. The van der Waals surface area contributed by atoms with Crippen molar-refractivity contribution in [3.05, 3.63) is 41.2 Å². The van der Waals surface area contributed by atoms with Crippen LogP contribution >= 0.6 is 0 Å². The van der Waals surface area contributed by atoms with E-state index in [1.807, 2.05) is 30.0 Å². The van der Waals surface area contributed by atoms with Crippen molar-refractivity contribution in [1.29, 1.82) is 0 Å². The van der Waals surface area contributed by atoms with Gasteiger partial charge in [0.25, 0.3) is 5.91 Å². The molecule has 0 bridgehead atoms. The first-order valence-electron chi connectivity index (χ1n) is 8.25. The maximum Gasteiger partial charge on any atom is 0.273 e. The maximum atomic E-state index is 12.4. The summed E-state index contributed by atoms with van der Waals surface area (Å²) in [7, 11) is 1.75. The van der Waals surface area contributed by atoms with Gasteiger partial charge in [0.2, 0.25) is 5.91 Å². The van der Waals surface area contributed by atoms with Crippen LogP contribution < -0.4 is 10.2 Å². The predicted octanol–water partition coefficient (Wildman–Crippen LogP) is 2.67. The van der Waals surface area contributed by atoms with E-state index in [2.05, 4.69) is 17.3 Å². The van der Waals surface area contributed by atoms with Crippen LogP contribution in [0.5, 0.6) is 0 Å². The molecule has 2 amide bonds. The highest BCUT2D eigenvalue weighted by Gasteiger charge is 2.23. The number of hydrogen-bond acceptors (Lipinski definition) is 3. The molecule has 0 saturated carbocycles. The Bertz CT molecular complexity index is 794. The number of anilines is 2. The molecule has 0 spiro atoms. The second-order valence-electron chi connectivity index (χ2n) is 6.14. The number of carbonyl (C=O) groups excluding carboxylic acids is 2. The first-order valence-corrected chi connectivity index (χ1v) is 8.25. The van der Waals surface area contributed by atoms with Crippen LogP contribution in [0.4, 0.5) is 11.4 Å². The summed E-state index contributed by atoms with van der Waals surface area (Å²) in [5.41, 5.74) is 4.13. The molecule has 1 aromatic carbocycles. The fraction of sp³-hybridized carbons (Fsp3) is 0.389. The van der Waals surface area contributed by atoms with E-state index in [9.17, 15) is 9.59 Å². The zero-order valence-electron chi connectivity index (χ0n) is 14.3. The summed E-state index contributed by atoms with van der Waals surface area (Å²) in [6.07, 6.45) is 2.15. The van der Waals surface area contributed by atoms with Crippen molar-refractivity contribution >= 4 is 23.2 Å². The molecular weight excluding hydrogens is 304 g/mol. The first-order chi connectivity index (χ1) is 11.5. The highest BCUT2D eigenvalue weighted by atomic mass is 16.2. The molecule has 1 aliphatic rings. The van der Waals surface area contributed by atoms with Gasteiger partial charge in [-0.05, 0) is 49.6 Å². The topological polar surface area (TPSA) is 67.2 Å². The lowest BCUT2D eigenvalue weighted by Crippen LogP contribution is -2.35. The van der Waals surface area contributed by atoms with Crippen LogP contribution in [0, 0.1) is 6.92 Å². The van der Waals surface area contributed by atoms with Crippen LogP contribution in [0.1, 0.15) is 41.5 Å². The molecule has 0 aliphatic carbocycles. The molecule has 2 aromatic rings. The van der Waals surface area contributed by atoms with Crippen molar-refractivity contribution in [1.82, 2.24) is 9.78 Å². The van der Waals surface area contributed by atoms with Crippen LogP contribution in [0.3, 0.4) is 0 Å². The van der Waals surface area contributed by atoms with Gasteiger partial charge < -0.3 is 10.2 Å². The molecular formula is C18H22N4O2. The molecule has 0 saturated heterocycles. The van der Waals surface area contributed by atoms with Crippen molar-refractivity contribution in [3.8, 4) is 0 Å². The Morgan fingerprint density at radius 1 is 1.29 bits per heavy atom. The van der Waals surface area contributed by atoms with Crippen LogP contribution in [0.25, 0.3) is 0 Å². The molecule has 0 radical (unpaired) electrons. The van der Waals surface area contributed by atoms with Crippen molar-refractivity contribution in [2.75, 3.05) is 16.8 Å². The Labute approximate surface area is 141 Å². The lowest BCUT2D eigenvalue weighted by Gasteiger charge is -2.29. The molecule has 2 heterocycles. The van der Waals surface area contributed by atoms with Gasteiger partial charge in [0.1, 0.15) is 5.69 Å². The number of carbonyl (C=O) groups is 2. The predicted molar refractivity (Wildman–Crippen MR) is 93.3 cm³/mol. The normalized spacial score (nSPS) is 13.8. The molecule has 1 aliphatic heterocycles. The van der Waals surface area contributed by atoms with E-state index in [1.54, 1.807) is 17.8 Å². The number of amides is 2. The van der Waals surface area contributed by atoms with Gasteiger partial charge in [-0.25, -0.2) is 0 Å². The van der Waals surface area contributed by atoms with Gasteiger partial charge in [-0.2, -0.15) is 5.10 Å². The Hall–Kier alpha value is -2.63. The monoisotopic (exact) mass is 326 g/mol. The number of rotatable bonds is 4. The second kappa shape index (κ2) is 6.47. The summed E-state index contributed by atoms with van der Waals surface area (Å²) in [4.78, 5) is 26.3. The summed E-state index contributed by atoms with van der Waals surface area (Å²) in [5, 5.41) is 7.11. The Morgan fingerprint density at radius 2 is 2.08 bits per heavy atom. The average molecular weight is 326 g/mol. The molecule has 0 unspecified atom stereocenters. The summed E-state index contributed by atoms with van der Waals surface area (Å²) < 4.78 is 1.57. The van der Waals surface area contributed by atoms with Crippen LogP contribution in [-0.2, 0) is 18.3 Å². The van der Waals surface area contributed by atoms with Crippen LogP contribution in [0.2, 0.25) is 0 Å². The number of benzene rings is 1. The first kappa shape index (κ1) is 16.2. The highest BCUT2D eigenvalue weighted by Crippen LogP contribution is 2.30. The number of nitrogens with one attached hydrogen (secondary N) is 1. The second-order valence-corrected chi connectivity index (χ2v) is 6.14. The zero-order chi connectivity index (χ0) is 17.3. The van der Waals surface area contributed by atoms with Crippen LogP contribution in [-0.4, -0.2) is 28.1 Å². The summed E-state index contributed by atoms with van der Waals surface area (Å²) in [6, 6.07) is 7.49. The van der Waals surface area contributed by atoms with Gasteiger partial charge in [-0.1, -0.05) is 6.92 Å². The van der Waals surface area contributed by atoms with E-state index in [1.165, 1.54) is 0 Å². The minimum atomic E-state index is -0.185. The minimum Gasteiger partial charge on any atom is -0.321 e. The van der Waals surface area contributed by atoms with E-state index in [0.717, 1.165) is 35.6 Å². The quantitative estimate of drug-likeness (QED) is 0.939. The Kier molecular flexibility index (Phi) is 4.38. The zero-order valence-corrected chi connectivity index (χ0v) is 14.3. The molecule has 1 N–H and O–H groups in total. The molecule has 0 fully saturated rings. The highest BCUT2D eigenvalue weighted by molar-refractivity contribution is 6.03. The van der Waals surface area contributed by atoms with Gasteiger partial charge in [-0.3, -0.25) is 14.3 Å². The molecule has 1 aromatic heterocycles.